The minimum atomic E-state index is -0.538. The number of nitrogens with zero attached hydrogens (tertiary/aromatic N) is 1. The number of hydrogen-bond acceptors (Lipinski definition) is 4. The number of carbonyl (C=O) groups is 1. The maximum Gasteiger partial charge on any atom is 0.263 e. The van der Waals surface area contributed by atoms with E-state index < -0.39 is 12.0 Å². The van der Waals surface area contributed by atoms with Gasteiger partial charge in [0.05, 0.1) is 6.10 Å². The van der Waals surface area contributed by atoms with Crippen molar-refractivity contribution in [3.63, 3.8) is 0 Å². The third-order valence-electron chi connectivity index (χ3n) is 2.32. The van der Waals surface area contributed by atoms with Crippen molar-refractivity contribution < 1.29 is 9.90 Å². The van der Waals surface area contributed by atoms with Gasteiger partial charge in [0.1, 0.15) is 11.6 Å². The number of aliphatic hydroxyl groups is 1. The molecule has 5 heteroatoms. The molecule has 1 aromatic rings. The fourth-order valence-corrected chi connectivity index (χ4v) is 1.35. The Morgan fingerprint density at radius 2 is 2.16 bits per heavy atom. The van der Waals surface area contributed by atoms with Crippen LogP contribution in [0.3, 0.4) is 0 Å². The first-order valence-electron chi connectivity index (χ1n) is 5.97. The molecule has 1 aromatic carbocycles. The summed E-state index contributed by atoms with van der Waals surface area (Å²) in [7, 11) is 0. The molecule has 5 nitrogen and oxygen atoms in total. The van der Waals surface area contributed by atoms with E-state index >= 15 is 0 Å². The molecule has 0 bridgehead atoms. The van der Waals surface area contributed by atoms with E-state index in [1.54, 1.807) is 6.92 Å². The summed E-state index contributed by atoms with van der Waals surface area (Å²) in [6, 6.07) is 11.3. The molecular weight excluding hydrogens is 242 g/mol. The van der Waals surface area contributed by atoms with Gasteiger partial charge in [-0.15, -0.1) is 0 Å². The molecule has 0 saturated heterocycles. The molecule has 0 aliphatic carbocycles. The zero-order valence-corrected chi connectivity index (χ0v) is 10.8. The Labute approximate surface area is 112 Å². The van der Waals surface area contributed by atoms with E-state index in [9.17, 15) is 4.79 Å². The molecule has 0 fully saturated rings. The molecule has 0 heterocycles. The van der Waals surface area contributed by atoms with Gasteiger partial charge in [-0.2, -0.15) is 5.26 Å². The van der Waals surface area contributed by atoms with Gasteiger partial charge in [-0.25, -0.2) is 0 Å². The highest BCUT2D eigenvalue weighted by atomic mass is 16.3. The van der Waals surface area contributed by atoms with Crippen LogP contribution in [-0.4, -0.2) is 23.7 Å². The minimum absolute atomic E-state index is 0.0171. The Bertz CT molecular complexity index is 475. The van der Waals surface area contributed by atoms with Crippen molar-refractivity contribution in [3.05, 3.63) is 47.7 Å². The van der Waals surface area contributed by atoms with Gasteiger partial charge in [0.25, 0.3) is 5.91 Å². The van der Waals surface area contributed by atoms with E-state index in [4.69, 9.17) is 10.4 Å². The van der Waals surface area contributed by atoms with Gasteiger partial charge in [-0.05, 0) is 12.5 Å². The quantitative estimate of drug-likeness (QED) is 0.518. The molecule has 3 N–H and O–H groups in total. The Kier molecular flexibility index (Phi) is 6.13. The lowest BCUT2D eigenvalue weighted by atomic mass is 10.2. The first kappa shape index (κ1) is 14.7. The topological polar surface area (TPSA) is 85.2 Å². The van der Waals surface area contributed by atoms with Crippen LogP contribution in [0.25, 0.3) is 0 Å². The van der Waals surface area contributed by atoms with E-state index in [1.165, 1.54) is 6.20 Å². The highest BCUT2D eigenvalue weighted by molar-refractivity contribution is 5.97. The Morgan fingerprint density at radius 3 is 2.74 bits per heavy atom. The Balaban J connectivity index is 2.48. The third-order valence-corrected chi connectivity index (χ3v) is 2.32. The zero-order chi connectivity index (χ0) is 14.1. The minimum Gasteiger partial charge on any atom is -0.392 e. The number of nitriles is 1. The average Bonchev–Trinajstić information content (AvgIpc) is 2.42. The summed E-state index contributed by atoms with van der Waals surface area (Å²) in [5.41, 5.74) is 0.946. The SMILES string of the molecule is CC(O)CN/C=C(/C#N)C(=O)NCc1ccccc1. The van der Waals surface area contributed by atoms with Gasteiger partial charge in [0, 0.05) is 19.3 Å². The second-order valence-electron chi connectivity index (χ2n) is 4.10. The van der Waals surface area contributed by atoms with Crippen LogP contribution in [-0.2, 0) is 11.3 Å². The van der Waals surface area contributed by atoms with Crippen molar-refractivity contribution in [2.75, 3.05) is 6.54 Å². The van der Waals surface area contributed by atoms with E-state index in [0.29, 0.717) is 6.54 Å². The lowest BCUT2D eigenvalue weighted by molar-refractivity contribution is -0.117. The van der Waals surface area contributed by atoms with Crippen molar-refractivity contribution in [3.8, 4) is 6.07 Å². The number of amides is 1. The molecule has 0 radical (unpaired) electrons. The molecule has 0 aromatic heterocycles. The fourth-order valence-electron chi connectivity index (χ4n) is 1.35. The smallest absolute Gasteiger partial charge is 0.263 e. The van der Waals surface area contributed by atoms with Crippen molar-refractivity contribution in [1.82, 2.24) is 10.6 Å². The second-order valence-corrected chi connectivity index (χ2v) is 4.10. The van der Waals surface area contributed by atoms with Gasteiger partial charge >= 0.3 is 0 Å². The lowest BCUT2D eigenvalue weighted by Gasteiger charge is -2.06. The maximum atomic E-state index is 11.7. The van der Waals surface area contributed by atoms with Gasteiger partial charge in [-0.3, -0.25) is 4.79 Å². The van der Waals surface area contributed by atoms with Crippen LogP contribution in [0.1, 0.15) is 12.5 Å². The molecule has 1 rings (SSSR count). The van der Waals surface area contributed by atoms with Crippen LogP contribution in [0.4, 0.5) is 0 Å². The maximum absolute atomic E-state index is 11.7. The number of nitrogens with one attached hydrogen (secondary N) is 2. The number of hydrogen-bond donors (Lipinski definition) is 3. The zero-order valence-electron chi connectivity index (χ0n) is 10.8. The largest absolute Gasteiger partial charge is 0.392 e. The summed E-state index contributed by atoms with van der Waals surface area (Å²) in [6.07, 6.45) is 0.774. The second kappa shape index (κ2) is 7.90. The molecular formula is C14H17N3O2. The first-order chi connectivity index (χ1) is 9.13. The lowest BCUT2D eigenvalue weighted by Crippen LogP contribution is -2.26. The van der Waals surface area contributed by atoms with Crippen LogP contribution < -0.4 is 10.6 Å². The van der Waals surface area contributed by atoms with E-state index in [-0.39, 0.29) is 12.1 Å². The number of benzene rings is 1. The summed E-state index contributed by atoms with van der Waals surface area (Å²) in [6.45, 7) is 2.27. The monoisotopic (exact) mass is 259 g/mol. The molecule has 100 valence electrons. The van der Waals surface area contributed by atoms with Crippen molar-refractivity contribution in [2.45, 2.75) is 19.6 Å². The molecule has 0 aliphatic heterocycles. The Morgan fingerprint density at radius 1 is 1.47 bits per heavy atom. The van der Waals surface area contributed by atoms with Crippen LogP contribution in [0.5, 0.6) is 0 Å². The van der Waals surface area contributed by atoms with Crippen molar-refractivity contribution >= 4 is 5.91 Å². The van der Waals surface area contributed by atoms with E-state index in [2.05, 4.69) is 10.6 Å². The fraction of sp³-hybridized carbons (Fsp3) is 0.286. The van der Waals surface area contributed by atoms with Crippen LogP contribution in [0, 0.1) is 11.3 Å². The summed E-state index contributed by atoms with van der Waals surface area (Å²) in [5.74, 6) is -0.440. The van der Waals surface area contributed by atoms with Crippen LogP contribution in [0.2, 0.25) is 0 Å². The van der Waals surface area contributed by atoms with Crippen molar-refractivity contribution in [1.29, 1.82) is 5.26 Å². The molecule has 1 unspecified atom stereocenters. The predicted octanol–water partition coefficient (Wildman–Crippen LogP) is 0.681. The number of rotatable bonds is 6. The molecule has 0 saturated carbocycles. The molecule has 0 spiro atoms. The standard InChI is InChI=1S/C14H17N3O2/c1-11(18)8-16-10-13(7-15)14(19)17-9-12-5-3-2-4-6-12/h2-6,10-11,16,18H,8-9H2,1H3,(H,17,19)/b13-10-. The van der Waals surface area contributed by atoms with Gasteiger partial charge in [0.15, 0.2) is 0 Å². The third kappa shape index (κ3) is 5.70. The van der Waals surface area contributed by atoms with Gasteiger partial charge in [0.2, 0.25) is 0 Å². The predicted molar refractivity (Wildman–Crippen MR) is 71.7 cm³/mol. The molecule has 1 amide bonds. The van der Waals surface area contributed by atoms with Gasteiger partial charge < -0.3 is 15.7 Å². The average molecular weight is 259 g/mol. The van der Waals surface area contributed by atoms with Crippen molar-refractivity contribution in [2.24, 2.45) is 0 Å². The first-order valence-corrected chi connectivity index (χ1v) is 5.97. The van der Waals surface area contributed by atoms with Gasteiger partial charge in [-0.1, -0.05) is 30.3 Å². The Hall–Kier alpha value is -2.32. The molecule has 0 aliphatic rings. The number of carbonyl (C=O) groups excluding carboxylic acids is 1. The highest BCUT2D eigenvalue weighted by Crippen LogP contribution is 1.98. The summed E-state index contributed by atoms with van der Waals surface area (Å²) in [4.78, 5) is 11.7. The number of aliphatic hydroxyl groups excluding tert-OH is 1. The highest BCUT2D eigenvalue weighted by Gasteiger charge is 2.08. The van der Waals surface area contributed by atoms with Crippen LogP contribution >= 0.6 is 0 Å². The summed E-state index contributed by atoms with van der Waals surface area (Å²) >= 11 is 0. The molecule has 1 atom stereocenters. The summed E-state index contributed by atoms with van der Waals surface area (Å²) < 4.78 is 0. The van der Waals surface area contributed by atoms with Crippen LogP contribution in [0.15, 0.2) is 42.1 Å². The van der Waals surface area contributed by atoms with E-state index in [1.807, 2.05) is 36.4 Å². The normalized spacial score (nSPS) is 12.4. The molecule has 19 heavy (non-hydrogen) atoms. The van der Waals surface area contributed by atoms with E-state index in [0.717, 1.165) is 5.56 Å². The summed E-state index contributed by atoms with van der Waals surface area (Å²) in [5, 5.41) is 23.3.